The fourth-order valence-electron chi connectivity index (χ4n) is 4.59. The summed E-state index contributed by atoms with van der Waals surface area (Å²) in [6.45, 7) is 1.81. The van der Waals surface area contributed by atoms with Crippen molar-refractivity contribution in [2.24, 2.45) is 0 Å². The third-order valence-electron chi connectivity index (χ3n) is 6.47. The van der Waals surface area contributed by atoms with E-state index in [1.165, 1.54) is 18.3 Å². The van der Waals surface area contributed by atoms with Crippen molar-refractivity contribution in [2.75, 3.05) is 18.4 Å². The minimum Gasteiger partial charge on any atom is -0.435 e. The number of piperidine rings is 1. The number of halogens is 1. The first kappa shape index (κ1) is 27.1. The quantitative estimate of drug-likeness (QED) is 0.226. The van der Waals surface area contributed by atoms with E-state index in [1.54, 1.807) is 54.7 Å². The van der Waals surface area contributed by atoms with Gasteiger partial charge in [-0.3, -0.25) is 0 Å². The van der Waals surface area contributed by atoms with Crippen LogP contribution in [0.1, 0.15) is 35.6 Å². The van der Waals surface area contributed by atoms with E-state index in [4.69, 9.17) is 4.74 Å². The van der Waals surface area contributed by atoms with Gasteiger partial charge in [0.15, 0.2) is 11.6 Å². The van der Waals surface area contributed by atoms with Crippen LogP contribution in [0.5, 0.6) is 11.6 Å². The number of nitriles is 1. The van der Waals surface area contributed by atoms with Crippen LogP contribution in [0.3, 0.4) is 0 Å². The maximum Gasteiger partial charge on any atom is 0.228 e. The first-order valence-electron chi connectivity index (χ1n) is 12.6. The number of nitrogens with one attached hydrogen (secondary N) is 3. The SMILES string of the molecule is N#Cc1c([C@@H](N[SH](=O)=O)c2ccccc2)ccc(Oc2ncccc2-c2ccnc(N[C@H]3CCCNC3)n2)c1F. The summed E-state index contributed by atoms with van der Waals surface area (Å²) < 4.78 is 47.1. The summed E-state index contributed by atoms with van der Waals surface area (Å²) in [5.74, 6) is -0.628. The van der Waals surface area contributed by atoms with Crippen LogP contribution >= 0.6 is 0 Å². The van der Waals surface area contributed by atoms with Gasteiger partial charge in [-0.1, -0.05) is 36.4 Å². The average Bonchev–Trinajstić information content (AvgIpc) is 2.98. The summed E-state index contributed by atoms with van der Waals surface area (Å²) in [6.07, 6.45) is 5.19. The van der Waals surface area contributed by atoms with E-state index >= 15 is 4.39 Å². The van der Waals surface area contributed by atoms with Crippen molar-refractivity contribution in [1.29, 1.82) is 5.26 Å². The van der Waals surface area contributed by atoms with Gasteiger partial charge in [0.25, 0.3) is 0 Å². The third kappa shape index (κ3) is 6.23. The van der Waals surface area contributed by atoms with Crippen LogP contribution in [0.4, 0.5) is 10.3 Å². The Morgan fingerprint density at radius 3 is 2.67 bits per heavy atom. The first-order chi connectivity index (χ1) is 19.5. The van der Waals surface area contributed by atoms with Crippen LogP contribution in [0, 0.1) is 17.1 Å². The molecule has 2 aromatic heterocycles. The summed E-state index contributed by atoms with van der Waals surface area (Å²) >= 11 is 0. The molecule has 0 amide bonds. The van der Waals surface area contributed by atoms with Gasteiger partial charge in [0.05, 0.1) is 22.9 Å². The van der Waals surface area contributed by atoms with Gasteiger partial charge in [0, 0.05) is 25.0 Å². The fourth-order valence-corrected chi connectivity index (χ4v) is 5.09. The molecule has 0 aliphatic carbocycles. The molecule has 2 atom stereocenters. The lowest BCUT2D eigenvalue weighted by atomic mass is 9.95. The lowest BCUT2D eigenvalue weighted by Crippen LogP contribution is -2.38. The van der Waals surface area contributed by atoms with E-state index in [-0.39, 0.29) is 28.8 Å². The van der Waals surface area contributed by atoms with Crippen LogP contribution in [0.15, 0.2) is 73.1 Å². The lowest BCUT2D eigenvalue weighted by Gasteiger charge is -2.23. The highest BCUT2D eigenvalue weighted by Crippen LogP contribution is 2.35. The Balaban J connectivity index is 1.46. The Labute approximate surface area is 232 Å². The molecule has 40 heavy (non-hydrogen) atoms. The predicted octanol–water partition coefficient (Wildman–Crippen LogP) is 3.71. The van der Waals surface area contributed by atoms with Gasteiger partial charge >= 0.3 is 0 Å². The number of benzene rings is 2. The zero-order chi connectivity index (χ0) is 27.9. The molecule has 10 nitrogen and oxygen atoms in total. The Morgan fingerprint density at radius 1 is 1.07 bits per heavy atom. The molecule has 4 aromatic rings. The largest absolute Gasteiger partial charge is 0.435 e. The molecule has 0 radical (unpaired) electrons. The van der Waals surface area contributed by atoms with Crippen LogP contribution in [0.2, 0.25) is 0 Å². The van der Waals surface area contributed by atoms with Crippen molar-refractivity contribution < 1.29 is 17.5 Å². The van der Waals surface area contributed by atoms with Crippen LogP contribution in [0.25, 0.3) is 11.3 Å². The van der Waals surface area contributed by atoms with E-state index in [0.29, 0.717) is 22.8 Å². The molecule has 5 rings (SSSR count). The van der Waals surface area contributed by atoms with Crippen molar-refractivity contribution in [3.8, 4) is 29.0 Å². The van der Waals surface area contributed by atoms with Crippen molar-refractivity contribution in [3.05, 3.63) is 95.6 Å². The second-order valence-corrected chi connectivity index (χ2v) is 9.87. The fraction of sp³-hybridized carbons (Fsp3) is 0.214. The highest BCUT2D eigenvalue weighted by Gasteiger charge is 2.24. The summed E-state index contributed by atoms with van der Waals surface area (Å²) in [4.78, 5) is 13.2. The number of aromatic nitrogens is 3. The molecule has 3 N–H and O–H groups in total. The average molecular weight is 560 g/mol. The van der Waals surface area contributed by atoms with Gasteiger partial charge < -0.3 is 15.4 Å². The molecule has 0 spiro atoms. The molecule has 0 unspecified atom stereocenters. The Hall–Kier alpha value is -4.44. The molecule has 2 aromatic carbocycles. The molecular weight excluding hydrogens is 533 g/mol. The molecule has 1 aliphatic heterocycles. The Morgan fingerprint density at radius 2 is 1.93 bits per heavy atom. The summed E-state index contributed by atoms with van der Waals surface area (Å²) in [5, 5.41) is 16.5. The summed E-state index contributed by atoms with van der Waals surface area (Å²) in [7, 11) is -3.04. The standard InChI is InChI=1S/C28H26FN7O3S/c29-25-22(16-30)20(26(36-40(37)38)18-6-2-1-3-7-18)10-11-24(25)39-27-21(9-5-14-32-27)23-12-15-33-28(35-23)34-19-8-4-13-31-17-19/h1-3,5-7,9-12,14-15,19,26,31,40H,4,8,13,17H2,(H,33,34,35)(H,36,37,38)/t19-,26-/m0/s1. The number of hydrogen-bond acceptors (Lipinski definition) is 9. The number of rotatable bonds is 9. The van der Waals surface area contributed by atoms with Crippen LogP contribution < -0.4 is 20.1 Å². The Bertz CT molecular complexity index is 1600. The number of hydrogen-bond donors (Lipinski definition) is 4. The van der Waals surface area contributed by atoms with Gasteiger partial charge in [0.1, 0.15) is 6.07 Å². The summed E-state index contributed by atoms with van der Waals surface area (Å²) in [5.41, 5.74) is 1.39. The molecule has 1 aliphatic rings. The molecule has 1 saturated heterocycles. The van der Waals surface area contributed by atoms with Crippen molar-refractivity contribution in [2.45, 2.75) is 24.9 Å². The minimum atomic E-state index is -3.04. The van der Waals surface area contributed by atoms with Gasteiger partial charge in [-0.15, -0.1) is 0 Å². The number of pyridine rings is 1. The maximum absolute atomic E-state index is 15.7. The molecule has 204 valence electrons. The molecule has 1 fully saturated rings. The minimum absolute atomic E-state index is 0.0856. The van der Waals surface area contributed by atoms with E-state index < -0.39 is 22.7 Å². The third-order valence-corrected chi connectivity index (χ3v) is 6.94. The lowest BCUT2D eigenvalue weighted by molar-refractivity contribution is 0.427. The molecule has 0 saturated carbocycles. The highest BCUT2D eigenvalue weighted by atomic mass is 32.2. The normalized spacial score (nSPS) is 15.8. The topological polar surface area (TPSA) is 142 Å². The van der Waals surface area contributed by atoms with Gasteiger partial charge in [-0.25, -0.2) is 32.5 Å². The van der Waals surface area contributed by atoms with Crippen LogP contribution in [-0.4, -0.2) is 42.5 Å². The van der Waals surface area contributed by atoms with Gasteiger partial charge in [-0.05, 0) is 54.8 Å². The molecule has 3 heterocycles. The monoisotopic (exact) mass is 559 g/mol. The van der Waals surface area contributed by atoms with Gasteiger partial charge in [0.2, 0.25) is 22.7 Å². The number of nitrogens with zero attached hydrogens (tertiary/aromatic N) is 4. The molecule has 0 bridgehead atoms. The van der Waals surface area contributed by atoms with E-state index in [9.17, 15) is 13.7 Å². The second kappa shape index (κ2) is 12.6. The zero-order valence-electron chi connectivity index (χ0n) is 21.3. The number of thiol groups is 1. The van der Waals surface area contributed by atoms with E-state index in [1.807, 2.05) is 6.07 Å². The van der Waals surface area contributed by atoms with Crippen LogP contribution in [-0.2, 0) is 10.9 Å². The first-order valence-corrected chi connectivity index (χ1v) is 13.8. The zero-order valence-corrected chi connectivity index (χ0v) is 22.1. The van der Waals surface area contributed by atoms with E-state index in [2.05, 4.69) is 30.3 Å². The predicted molar refractivity (Wildman–Crippen MR) is 148 cm³/mol. The summed E-state index contributed by atoms with van der Waals surface area (Å²) in [6, 6.07) is 17.7. The van der Waals surface area contributed by atoms with Crippen molar-refractivity contribution in [1.82, 2.24) is 25.0 Å². The van der Waals surface area contributed by atoms with E-state index in [0.717, 1.165) is 25.9 Å². The van der Waals surface area contributed by atoms with Gasteiger partial charge in [-0.2, -0.15) is 5.26 Å². The smallest absolute Gasteiger partial charge is 0.228 e. The maximum atomic E-state index is 15.7. The number of ether oxygens (including phenoxy) is 1. The molecular formula is C28H26FN7O3S. The second-order valence-electron chi connectivity index (χ2n) is 9.09. The van der Waals surface area contributed by atoms with Crippen molar-refractivity contribution >= 4 is 16.8 Å². The number of anilines is 1. The highest BCUT2D eigenvalue weighted by molar-refractivity contribution is 7.70. The Kier molecular flexibility index (Phi) is 8.56. The molecule has 12 heteroatoms. The van der Waals surface area contributed by atoms with Crippen molar-refractivity contribution in [3.63, 3.8) is 0 Å².